The molecule has 9 heteroatoms. The van der Waals surface area contributed by atoms with Crippen LogP contribution in [-0.2, 0) is 0 Å². The van der Waals surface area contributed by atoms with E-state index in [1.165, 1.54) is 12.8 Å². The van der Waals surface area contributed by atoms with E-state index in [1.807, 2.05) is 48.7 Å². The van der Waals surface area contributed by atoms with Gasteiger partial charge in [0.25, 0.3) is 0 Å². The van der Waals surface area contributed by atoms with E-state index in [0.717, 1.165) is 62.9 Å². The summed E-state index contributed by atoms with van der Waals surface area (Å²) in [6.45, 7) is 0. The molecule has 9 nitrogen and oxygen atoms in total. The highest BCUT2D eigenvalue weighted by Crippen LogP contribution is 2.33. The van der Waals surface area contributed by atoms with Crippen LogP contribution in [0.5, 0.6) is 0 Å². The Labute approximate surface area is 218 Å². The highest BCUT2D eigenvalue weighted by atomic mass is 16.3. The Bertz CT molecular complexity index is 1740. The summed E-state index contributed by atoms with van der Waals surface area (Å²) in [7, 11) is 0. The summed E-state index contributed by atoms with van der Waals surface area (Å²) in [6, 6.07) is 14.1. The number of anilines is 1. The minimum Gasteiger partial charge on any atom is -0.374 e. The standard InChI is InChI=1S/C29H26N8O/c38-29(17-5-1-2-6-17)33-21-11-19(14-31-16-21)20-12-23-26(36-37-27(23)32-15-20)28-34-24-9-3-8-22(25(24)35-28)18-7-4-10-30-13-18/h3-4,7-17,29,33,38H,1-2,5-6H2,(H,34,35)(H,32,36,37). The van der Waals surface area contributed by atoms with Crippen LogP contribution in [0.15, 0.2) is 73.4 Å². The first kappa shape index (κ1) is 22.6. The number of nitrogens with zero attached hydrogens (tertiary/aromatic N) is 5. The zero-order chi connectivity index (χ0) is 25.5. The van der Waals surface area contributed by atoms with Crippen LogP contribution in [-0.4, -0.2) is 46.5 Å². The van der Waals surface area contributed by atoms with Gasteiger partial charge in [-0.1, -0.05) is 31.0 Å². The number of benzene rings is 1. The Morgan fingerprint density at radius 2 is 1.79 bits per heavy atom. The van der Waals surface area contributed by atoms with Gasteiger partial charge >= 0.3 is 0 Å². The van der Waals surface area contributed by atoms with Crippen LogP contribution in [0.2, 0.25) is 0 Å². The summed E-state index contributed by atoms with van der Waals surface area (Å²) in [5.74, 6) is 0.971. The molecule has 1 saturated carbocycles. The number of para-hydroxylation sites is 1. The number of rotatable bonds is 6. The van der Waals surface area contributed by atoms with Crippen molar-refractivity contribution in [3.05, 3.63) is 73.4 Å². The quantitative estimate of drug-likeness (QED) is 0.220. The molecule has 188 valence electrons. The van der Waals surface area contributed by atoms with Gasteiger partial charge in [-0.05, 0) is 37.1 Å². The molecule has 1 aliphatic carbocycles. The molecule has 0 aliphatic heterocycles. The second kappa shape index (κ2) is 9.35. The van der Waals surface area contributed by atoms with Gasteiger partial charge in [0.2, 0.25) is 0 Å². The van der Waals surface area contributed by atoms with E-state index in [0.29, 0.717) is 11.5 Å². The minimum atomic E-state index is -0.569. The number of aromatic amines is 2. The summed E-state index contributed by atoms with van der Waals surface area (Å²) in [6.07, 6.45) is 12.8. The van der Waals surface area contributed by atoms with Gasteiger partial charge in [0.15, 0.2) is 11.5 Å². The number of pyridine rings is 3. The number of imidazole rings is 1. The van der Waals surface area contributed by atoms with Crippen LogP contribution in [0.1, 0.15) is 25.7 Å². The van der Waals surface area contributed by atoms with Gasteiger partial charge in [0.1, 0.15) is 11.9 Å². The van der Waals surface area contributed by atoms with E-state index in [4.69, 9.17) is 4.98 Å². The summed E-state index contributed by atoms with van der Waals surface area (Å²) in [5, 5.41) is 22.2. The molecule has 4 N–H and O–H groups in total. The average Bonchev–Trinajstić information content (AvgIpc) is 3.73. The van der Waals surface area contributed by atoms with Gasteiger partial charge in [-0.25, -0.2) is 9.97 Å². The Kier molecular flexibility index (Phi) is 5.55. The van der Waals surface area contributed by atoms with E-state index in [9.17, 15) is 5.11 Å². The van der Waals surface area contributed by atoms with Crippen LogP contribution < -0.4 is 5.32 Å². The predicted octanol–water partition coefficient (Wildman–Crippen LogP) is 5.55. The highest BCUT2D eigenvalue weighted by molar-refractivity contribution is 5.97. The topological polar surface area (TPSA) is 128 Å². The van der Waals surface area contributed by atoms with E-state index < -0.39 is 6.23 Å². The molecule has 5 heterocycles. The highest BCUT2D eigenvalue weighted by Gasteiger charge is 2.23. The molecular weight excluding hydrogens is 476 g/mol. The monoisotopic (exact) mass is 502 g/mol. The molecule has 6 aromatic rings. The van der Waals surface area contributed by atoms with Gasteiger partial charge in [0.05, 0.1) is 28.3 Å². The first-order valence-electron chi connectivity index (χ1n) is 12.9. The summed E-state index contributed by atoms with van der Waals surface area (Å²) < 4.78 is 0. The fraction of sp³-hybridized carbons (Fsp3) is 0.207. The fourth-order valence-electron chi connectivity index (χ4n) is 5.38. The Balaban J connectivity index is 1.24. The van der Waals surface area contributed by atoms with Crippen molar-refractivity contribution >= 4 is 27.8 Å². The lowest BCUT2D eigenvalue weighted by atomic mass is 10.1. The average molecular weight is 503 g/mol. The third kappa shape index (κ3) is 4.06. The second-order valence-electron chi connectivity index (χ2n) is 9.82. The molecule has 0 amide bonds. The van der Waals surface area contributed by atoms with Crippen LogP contribution in [0.3, 0.4) is 0 Å². The number of H-pyrrole nitrogens is 2. The van der Waals surface area contributed by atoms with Crippen LogP contribution in [0.25, 0.3) is 55.8 Å². The lowest BCUT2D eigenvalue weighted by molar-refractivity contribution is 0.137. The molecule has 1 aliphatic rings. The fourth-order valence-corrected chi connectivity index (χ4v) is 5.38. The summed E-state index contributed by atoms with van der Waals surface area (Å²) >= 11 is 0. The summed E-state index contributed by atoms with van der Waals surface area (Å²) in [5.41, 5.74) is 7.77. The van der Waals surface area contributed by atoms with Crippen molar-refractivity contribution in [3.8, 4) is 33.8 Å². The molecule has 1 aromatic carbocycles. The molecule has 1 atom stereocenters. The van der Waals surface area contributed by atoms with Crippen molar-refractivity contribution in [2.24, 2.45) is 5.92 Å². The van der Waals surface area contributed by atoms with Gasteiger partial charge in [-0.3, -0.25) is 15.1 Å². The lowest BCUT2D eigenvalue weighted by Gasteiger charge is -2.20. The number of aliphatic hydroxyl groups excluding tert-OH is 1. The smallest absolute Gasteiger partial charge is 0.181 e. The normalized spacial score (nSPS) is 14.9. The van der Waals surface area contributed by atoms with Crippen LogP contribution >= 0.6 is 0 Å². The molecule has 0 bridgehead atoms. The van der Waals surface area contributed by atoms with Gasteiger partial charge in [0, 0.05) is 53.0 Å². The molecule has 0 spiro atoms. The molecule has 0 saturated heterocycles. The van der Waals surface area contributed by atoms with E-state index in [1.54, 1.807) is 24.8 Å². The lowest BCUT2D eigenvalue weighted by Crippen LogP contribution is -2.26. The second-order valence-corrected chi connectivity index (χ2v) is 9.82. The number of aliphatic hydroxyl groups is 1. The molecule has 1 fully saturated rings. The molecule has 5 aromatic heterocycles. The Morgan fingerprint density at radius 3 is 2.66 bits per heavy atom. The molecular formula is C29H26N8O. The molecule has 7 rings (SSSR count). The largest absolute Gasteiger partial charge is 0.374 e. The van der Waals surface area contributed by atoms with Gasteiger partial charge < -0.3 is 15.4 Å². The number of hydrogen-bond acceptors (Lipinski definition) is 7. The van der Waals surface area contributed by atoms with E-state index in [2.05, 4.69) is 35.5 Å². The Morgan fingerprint density at radius 1 is 0.921 bits per heavy atom. The zero-order valence-electron chi connectivity index (χ0n) is 20.6. The maximum absolute atomic E-state index is 10.6. The maximum atomic E-state index is 10.6. The van der Waals surface area contributed by atoms with Gasteiger partial charge in [-0.2, -0.15) is 5.10 Å². The zero-order valence-corrected chi connectivity index (χ0v) is 20.6. The third-order valence-corrected chi connectivity index (χ3v) is 7.36. The van der Waals surface area contributed by atoms with E-state index >= 15 is 0 Å². The minimum absolute atomic E-state index is 0.285. The first-order valence-corrected chi connectivity index (χ1v) is 12.9. The third-order valence-electron chi connectivity index (χ3n) is 7.36. The molecule has 0 radical (unpaired) electrons. The van der Waals surface area contributed by atoms with Crippen LogP contribution in [0, 0.1) is 5.92 Å². The number of hydrogen-bond donors (Lipinski definition) is 4. The SMILES string of the molecule is OC(Nc1cncc(-c2cnc3n[nH]c(-c4nc5c(-c6cccnc6)cccc5[nH]4)c3c2)c1)C1CCCC1. The molecule has 38 heavy (non-hydrogen) atoms. The maximum Gasteiger partial charge on any atom is 0.181 e. The number of nitrogens with one attached hydrogen (secondary N) is 3. The summed E-state index contributed by atoms with van der Waals surface area (Å²) in [4.78, 5) is 21.6. The van der Waals surface area contributed by atoms with Crippen molar-refractivity contribution < 1.29 is 5.11 Å². The van der Waals surface area contributed by atoms with Crippen molar-refractivity contribution in [2.45, 2.75) is 31.9 Å². The van der Waals surface area contributed by atoms with Crippen molar-refractivity contribution in [2.75, 3.05) is 5.32 Å². The van der Waals surface area contributed by atoms with Crippen LogP contribution in [0.4, 0.5) is 5.69 Å². The Hall–Kier alpha value is -4.63. The molecule has 1 unspecified atom stereocenters. The van der Waals surface area contributed by atoms with Crippen molar-refractivity contribution in [1.29, 1.82) is 0 Å². The number of aromatic nitrogens is 7. The first-order chi connectivity index (χ1) is 18.7. The number of fused-ring (bicyclic) bond motifs is 2. The van der Waals surface area contributed by atoms with E-state index in [-0.39, 0.29) is 5.92 Å². The van der Waals surface area contributed by atoms with Crippen molar-refractivity contribution in [1.82, 2.24) is 35.1 Å². The van der Waals surface area contributed by atoms with Gasteiger partial charge in [-0.15, -0.1) is 0 Å². The van der Waals surface area contributed by atoms with Crippen molar-refractivity contribution in [3.63, 3.8) is 0 Å². The predicted molar refractivity (Wildman–Crippen MR) is 147 cm³/mol.